The van der Waals surface area contributed by atoms with E-state index in [1.165, 1.54) is 21.1 Å². The molecule has 2 unspecified atom stereocenters. The molecule has 0 bridgehead atoms. The second-order valence-electron chi connectivity index (χ2n) is 13.8. The van der Waals surface area contributed by atoms with Gasteiger partial charge < -0.3 is 39.1 Å². The predicted molar refractivity (Wildman–Crippen MR) is 289 cm³/mol. The molecule has 0 aliphatic rings. The first-order chi connectivity index (χ1) is 24.9. The highest BCUT2D eigenvalue weighted by atomic mass is 31.0. The summed E-state index contributed by atoms with van der Waals surface area (Å²) >= 11 is 0. The second-order valence-corrected chi connectivity index (χ2v) is 13.8. The van der Waals surface area contributed by atoms with Gasteiger partial charge in [-0.2, -0.15) is 0 Å². The summed E-state index contributed by atoms with van der Waals surface area (Å²) < 4.78 is 19.5. The SMILES string of the molecule is C.C.C.C.C.C.C.C.C.C.C.C=C(C)C(=O)O.C=C(C)C(=O)OC.C=C(C)C(=O)OCc1ccccc1.CCC(C)(CC(C)(CC(C)(C)C(=O)OC)C(=O)O)C(=O)OCc1ccccc1.[PH2-]. The van der Waals surface area contributed by atoms with Crippen molar-refractivity contribution in [2.45, 2.75) is 170 Å². The molecule has 2 aromatic rings. The summed E-state index contributed by atoms with van der Waals surface area (Å²) in [7, 11) is 2.61. The lowest BCUT2D eigenvalue weighted by Gasteiger charge is -2.38. The first-order valence-corrected chi connectivity index (χ1v) is 16.9. The van der Waals surface area contributed by atoms with Gasteiger partial charge in [-0.25, -0.2) is 14.4 Å². The molecule has 0 saturated heterocycles. The van der Waals surface area contributed by atoms with Crippen LogP contribution in [0.25, 0.3) is 0 Å². The van der Waals surface area contributed by atoms with Crippen molar-refractivity contribution in [3.8, 4) is 0 Å². The standard InChI is InChI=1S/C22H32O6.C11H12O2.C5H8O2.C4H6O2.11CH4.H2P/c1-7-21(4,19(26)28-13-16-11-9-8-10-12-16)15-22(5,17(23)24)14-20(2,3)18(25)27-6;1-9(2)11(12)13-8-10-6-4-3-5-7-10;1-4(2)5(6)7-3;1-3(2)4(5)6;;;;;;;;;;;;/h8-12H,7,13-15H2,1-6H3,(H,23,24);3-7H,1,8H2,2H3;1H2,2-3H3;1H2,2H3,(H,5,6);11*1H4;1H2/q;;;;;;;;;;;;;;;-1. The van der Waals surface area contributed by atoms with Gasteiger partial charge in [0.1, 0.15) is 13.2 Å². The smallest absolute Gasteiger partial charge is 0.333 e. The Morgan fingerprint density at radius 3 is 1.09 bits per heavy atom. The molecule has 2 atom stereocenters. The Hall–Kier alpha value is -5.09. The minimum atomic E-state index is -1.30. The molecule has 0 aliphatic heterocycles. The van der Waals surface area contributed by atoms with Crippen molar-refractivity contribution >= 4 is 45.7 Å². The molecule has 0 radical (unpaired) electrons. The maximum atomic E-state index is 12.8. The number of hydrogen-bond donors (Lipinski definition) is 2. The van der Waals surface area contributed by atoms with Gasteiger partial charge in [0.2, 0.25) is 0 Å². The Morgan fingerprint density at radius 2 is 0.848 bits per heavy atom. The summed E-state index contributed by atoms with van der Waals surface area (Å²) in [6.45, 7) is 23.5. The first kappa shape index (κ1) is 99.3. The van der Waals surface area contributed by atoms with Crippen LogP contribution in [0.15, 0.2) is 97.1 Å². The third-order valence-corrected chi connectivity index (χ3v) is 7.81. The summed E-state index contributed by atoms with van der Waals surface area (Å²) in [6, 6.07) is 18.9. The number of benzene rings is 2. The average molecular weight is 964 g/mol. The number of carboxylic acid groups (broad SMARTS) is 2. The van der Waals surface area contributed by atoms with E-state index in [2.05, 4.69) is 24.5 Å². The van der Waals surface area contributed by atoms with E-state index in [-0.39, 0.29) is 129 Å². The Kier molecular flexibility index (Phi) is 74.3. The van der Waals surface area contributed by atoms with Crippen LogP contribution < -0.4 is 0 Å². The average Bonchev–Trinajstić information content (AvgIpc) is 3.13. The predicted octanol–water partition coefficient (Wildman–Crippen LogP) is 15.2. The molecule has 0 saturated carbocycles. The summed E-state index contributed by atoms with van der Waals surface area (Å²) in [5.74, 6) is -3.61. The first-order valence-electron chi connectivity index (χ1n) is 16.9. The zero-order chi connectivity index (χ0) is 42.3. The number of esters is 4. The summed E-state index contributed by atoms with van der Waals surface area (Å²) in [6.07, 6.45) is 0.519. The van der Waals surface area contributed by atoms with Crippen LogP contribution in [0.3, 0.4) is 0 Å². The van der Waals surface area contributed by atoms with E-state index in [4.69, 9.17) is 19.3 Å². The molecular weight excluding hydrogens is 860 g/mol. The van der Waals surface area contributed by atoms with E-state index in [0.29, 0.717) is 24.2 Å². The zero-order valence-corrected chi connectivity index (χ0v) is 35.1. The van der Waals surface area contributed by atoms with Gasteiger partial charge in [0.25, 0.3) is 0 Å². The number of ether oxygens (including phenoxy) is 4. The number of hydrogen-bond acceptors (Lipinski definition) is 10. The molecule has 0 amide bonds. The van der Waals surface area contributed by atoms with E-state index in [1.807, 2.05) is 67.6 Å². The summed E-state index contributed by atoms with van der Waals surface area (Å²) in [4.78, 5) is 67.8. The van der Waals surface area contributed by atoms with Gasteiger partial charge in [-0.15, -0.1) is 0 Å². The molecule has 0 fully saturated rings. The van der Waals surface area contributed by atoms with Gasteiger partial charge in [-0.1, -0.05) is 169 Å². The van der Waals surface area contributed by atoms with Crippen LogP contribution in [-0.4, -0.2) is 60.2 Å². The Bertz CT molecular complexity index is 1580. The monoisotopic (exact) mass is 964 g/mol. The topological polar surface area (TPSA) is 180 Å². The van der Waals surface area contributed by atoms with Crippen LogP contribution in [-0.2, 0) is 60.9 Å². The summed E-state index contributed by atoms with van der Waals surface area (Å²) in [5, 5.41) is 17.8. The van der Waals surface area contributed by atoms with Gasteiger partial charge in [0.05, 0.1) is 30.5 Å². The quantitative estimate of drug-likeness (QED) is 0.0747. The van der Waals surface area contributed by atoms with E-state index >= 15 is 0 Å². The molecule has 394 valence electrons. The molecule has 0 spiro atoms. The number of carbonyl (C=O) groups is 6. The lowest BCUT2D eigenvalue weighted by Crippen LogP contribution is -2.43. The molecule has 2 aromatic carbocycles. The van der Waals surface area contributed by atoms with Crippen molar-refractivity contribution in [1.82, 2.24) is 0 Å². The number of aliphatic carboxylic acids is 2. The lowest BCUT2D eigenvalue weighted by molar-refractivity contribution is -0.165. The number of carboxylic acids is 2. The van der Waals surface area contributed by atoms with E-state index in [1.54, 1.807) is 41.5 Å². The van der Waals surface area contributed by atoms with Gasteiger partial charge in [-0.3, -0.25) is 14.4 Å². The maximum Gasteiger partial charge on any atom is 0.333 e. The molecule has 0 aromatic heterocycles. The van der Waals surface area contributed by atoms with E-state index in [9.17, 15) is 33.9 Å². The fourth-order valence-electron chi connectivity index (χ4n) is 4.66. The Labute approximate surface area is 410 Å². The van der Waals surface area contributed by atoms with Crippen molar-refractivity contribution in [3.05, 3.63) is 108 Å². The molecule has 2 N–H and O–H groups in total. The van der Waals surface area contributed by atoms with Gasteiger partial charge in [0, 0.05) is 16.7 Å². The molecule has 66 heavy (non-hydrogen) atoms. The van der Waals surface area contributed by atoms with Crippen LogP contribution in [0.5, 0.6) is 0 Å². The number of methoxy groups -OCH3 is 2. The van der Waals surface area contributed by atoms with Crippen molar-refractivity contribution in [1.29, 1.82) is 0 Å². The van der Waals surface area contributed by atoms with Crippen molar-refractivity contribution in [2.24, 2.45) is 16.2 Å². The Morgan fingerprint density at radius 1 is 0.515 bits per heavy atom. The van der Waals surface area contributed by atoms with Gasteiger partial charge in [-0.05, 0) is 78.9 Å². The molecule has 2 rings (SSSR count). The van der Waals surface area contributed by atoms with Crippen LogP contribution in [0.2, 0.25) is 0 Å². The highest BCUT2D eigenvalue weighted by Crippen LogP contribution is 2.45. The normalized spacial score (nSPS) is 10.0. The Balaban J connectivity index is -0.0000000506. The minimum Gasteiger partial charge on any atom is -0.577 e. The van der Waals surface area contributed by atoms with Crippen molar-refractivity contribution < 1.29 is 57.9 Å². The third-order valence-electron chi connectivity index (χ3n) is 7.81. The molecule has 13 heteroatoms. The largest absolute Gasteiger partial charge is 0.577 e. The minimum absolute atomic E-state index is 0. The zero-order valence-electron chi connectivity index (χ0n) is 34.0. The fourth-order valence-corrected chi connectivity index (χ4v) is 4.66. The fraction of sp³-hybridized carbons (Fsp3) is 0.547. The maximum absolute atomic E-state index is 12.8. The highest BCUT2D eigenvalue weighted by Gasteiger charge is 2.49. The van der Waals surface area contributed by atoms with Crippen LogP contribution in [0.1, 0.15) is 167 Å². The van der Waals surface area contributed by atoms with Crippen molar-refractivity contribution in [3.63, 3.8) is 0 Å². The van der Waals surface area contributed by atoms with Gasteiger partial charge in [0.15, 0.2) is 0 Å². The molecular formula is C53H104O12P-. The van der Waals surface area contributed by atoms with E-state index < -0.39 is 40.1 Å². The number of carbonyl (C=O) groups excluding carboxylic acids is 4. The van der Waals surface area contributed by atoms with Crippen LogP contribution in [0, 0.1) is 16.2 Å². The van der Waals surface area contributed by atoms with Crippen molar-refractivity contribution in [2.75, 3.05) is 14.2 Å². The number of rotatable bonds is 15. The van der Waals surface area contributed by atoms with E-state index in [0.717, 1.165) is 11.1 Å². The molecule has 0 aliphatic carbocycles. The van der Waals surface area contributed by atoms with Gasteiger partial charge >= 0.3 is 35.8 Å². The lowest BCUT2D eigenvalue weighted by atomic mass is 9.65. The highest BCUT2D eigenvalue weighted by molar-refractivity contribution is 6.92. The molecule has 12 nitrogen and oxygen atoms in total. The molecule has 0 heterocycles. The summed E-state index contributed by atoms with van der Waals surface area (Å²) in [5.41, 5.74) is -0.403. The third kappa shape index (κ3) is 40.4. The second kappa shape index (κ2) is 49.3. The van der Waals surface area contributed by atoms with Crippen LogP contribution >= 0.6 is 9.90 Å². The van der Waals surface area contributed by atoms with Crippen LogP contribution in [0.4, 0.5) is 0 Å².